The smallest absolute Gasteiger partial charge is 0.213 e. The largest absolute Gasteiger partial charge is 0.298 e. The highest BCUT2D eigenvalue weighted by Gasteiger charge is 2.45. The van der Waals surface area contributed by atoms with Crippen molar-refractivity contribution in [1.82, 2.24) is 9.21 Å². The van der Waals surface area contributed by atoms with Crippen molar-refractivity contribution in [2.75, 3.05) is 31.9 Å². The molecular formula is C17H26N2O2S. The lowest BCUT2D eigenvalue weighted by molar-refractivity contribution is 0.260. The fourth-order valence-electron chi connectivity index (χ4n) is 3.84. The quantitative estimate of drug-likeness (QED) is 0.853. The Balaban J connectivity index is 1.65. The van der Waals surface area contributed by atoms with Gasteiger partial charge in [0, 0.05) is 26.2 Å². The van der Waals surface area contributed by atoms with E-state index in [1.165, 1.54) is 11.1 Å². The topological polar surface area (TPSA) is 40.6 Å². The third-order valence-corrected chi connectivity index (χ3v) is 7.16. The van der Waals surface area contributed by atoms with Gasteiger partial charge in [-0.25, -0.2) is 12.7 Å². The van der Waals surface area contributed by atoms with Crippen LogP contribution in [0.2, 0.25) is 0 Å². The number of sulfonamides is 1. The van der Waals surface area contributed by atoms with Gasteiger partial charge in [-0.05, 0) is 49.8 Å². The summed E-state index contributed by atoms with van der Waals surface area (Å²) in [5.74, 6) is 0.218. The van der Waals surface area contributed by atoms with Crippen molar-refractivity contribution in [1.29, 1.82) is 0 Å². The van der Waals surface area contributed by atoms with Crippen molar-refractivity contribution in [3.63, 3.8) is 0 Å². The molecule has 0 aliphatic carbocycles. The summed E-state index contributed by atoms with van der Waals surface area (Å²) in [4.78, 5) is 2.49. The van der Waals surface area contributed by atoms with Crippen molar-refractivity contribution >= 4 is 10.0 Å². The van der Waals surface area contributed by atoms with E-state index in [4.69, 9.17) is 0 Å². The van der Waals surface area contributed by atoms with Gasteiger partial charge in [-0.2, -0.15) is 0 Å². The van der Waals surface area contributed by atoms with Crippen LogP contribution in [0.3, 0.4) is 0 Å². The second kappa shape index (κ2) is 5.95. The molecule has 0 aromatic heterocycles. The van der Waals surface area contributed by atoms with Gasteiger partial charge >= 0.3 is 0 Å². The first kappa shape index (κ1) is 16.0. The molecule has 1 aromatic rings. The van der Waals surface area contributed by atoms with E-state index in [9.17, 15) is 8.42 Å². The number of likely N-dealkylation sites (tertiary alicyclic amines) is 1. The molecule has 1 unspecified atom stereocenters. The molecule has 1 aromatic carbocycles. The molecule has 0 amide bonds. The fraction of sp³-hybridized carbons (Fsp3) is 0.647. The molecule has 5 heteroatoms. The predicted octanol–water partition coefficient (Wildman–Crippen LogP) is 2.24. The molecule has 0 radical (unpaired) electrons. The fourth-order valence-corrected chi connectivity index (χ4v) is 5.04. The Bertz CT molecular complexity index is 644. The van der Waals surface area contributed by atoms with E-state index in [2.05, 4.69) is 36.1 Å². The SMILES string of the molecule is CCS(=O)(=O)N1CCC2(CCN(Cc3ccccc3C)C2)C1. The van der Waals surface area contributed by atoms with E-state index in [1.807, 2.05) is 0 Å². The van der Waals surface area contributed by atoms with Crippen LogP contribution in [0.1, 0.15) is 30.9 Å². The summed E-state index contributed by atoms with van der Waals surface area (Å²) in [6.45, 7) is 8.40. The van der Waals surface area contributed by atoms with Gasteiger partial charge in [0.25, 0.3) is 0 Å². The zero-order valence-electron chi connectivity index (χ0n) is 13.6. The summed E-state index contributed by atoms with van der Waals surface area (Å²) in [7, 11) is -3.03. The Morgan fingerprint density at radius 3 is 2.59 bits per heavy atom. The van der Waals surface area contributed by atoms with Crippen LogP contribution in [0.15, 0.2) is 24.3 Å². The highest BCUT2D eigenvalue weighted by atomic mass is 32.2. The number of aryl methyl sites for hydroxylation is 1. The van der Waals surface area contributed by atoms with Crippen LogP contribution in [-0.4, -0.2) is 49.6 Å². The van der Waals surface area contributed by atoms with Gasteiger partial charge in [0.15, 0.2) is 0 Å². The number of benzene rings is 1. The van der Waals surface area contributed by atoms with Crippen LogP contribution >= 0.6 is 0 Å². The molecule has 2 fully saturated rings. The summed E-state index contributed by atoms with van der Waals surface area (Å²) in [6.07, 6.45) is 2.13. The lowest BCUT2D eigenvalue weighted by atomic mass is 9.86. The summed E-state index contributed by atoms with van der Waals surface area (Å²) >= 11 is 0. The molecule has 2 aliphatic rings. The molecular weight excluding hydrogens is 296 g/mol. The van der Waals surface area contributed by atoms with Crippen LogP contribution in [0, 0.1) is 12.3 Å². The first-order valence-corrected chi connectivity index (χ1v) is 9.80. The summed E-state index contributed by atoms with van der Waals surface area (Å²) in [6, 6.07) is 8.53. The molecule has 22 heavy (non-hydrogen) atoms. The molecule has 1 spiro atoms. The second-order valence-corrected chi connectivity index (χ2v) is 9.13. The second-order valence-electron chi connectivity index (χ2n) is 6.87. The standard InChI is InChI=1S/C17H26N2O2S/c1-3-22(20,21)19-11-9-17(14-19)8-10-18(13-17)12-16-7-5-4-6-15(16)2/h4-7H,3,8-14H2,1-2H3. The first-order chi connectivity index (χ1) is 10.4. The molecule has 4 nitrogen and oxygen atoms in total. The molecule has 2 saturated heterocycles. The van der Waals surface area contributed by atoms with Crippen molar-refractivity contribution in [2.45, 2.75) is 33.2 Å². The van der Waals surface area contributed by atoms with Crippen LogP contribution in [-0.2, 0) is 16.6 Å². The minimum atomic E-state index is -3.03. The van der Waals surface area contributed by atoms with Crippen LogP contribution in [0.4, 0.5) is 0 Å². The Kier molecular flexibility index (Phi) is 4.32. The van der Waals surface area contributed by atoms with Crippen LogP contribution in [0.5, 0.6) is 0 Å². The monoisotopic (exact) mass is 322 g/mol. The van der Waals surface area contributed by atoms with E-state index < -0.39 is 10.0 Å². The normalized spacial score (nSPS) is 27.0. The van der Waals surface area contributed by atoms with Gasteiger partial charge in [-0.15, -0.1) is 0 Å². The number of rotatable bonds is 4. The van der Waals surface area contributed by atoms with Crippen molar-refractivity contribution in [2.24, 2.45) is 5.41 Å². The molecule has 2 heterocycles. The molecule has 0 N–H and O–H groups in total. The van der Waals surface area contributed by atoms with Crippen molar-refractivity contribution < 1.29 is 8.42 Å². The zero-order valence-corrected chi connectivity index (χ0v) is 14.4. The molecule has 0 bridgehead atoms. The van der Waals surface area contributed by atoms with Gasteiger partial charge in [0.1, 0.15) is 0 Å². The lowest BCUT2D eigenvalue weighted by Crippen LogP contribution is -2.34. The van der Waals surface area contributed by atoms with Crippen LogP contribution < -0.4 is 0 Å². The number of hydrogen-bond acceptors (Lipinski definition) is 3. The molecule has 0 saturated carbocycles. The highest BCUT2D eigenvalue weighted by Crippen LogP contribution is 2.40. The molecule has 3 rings (SSSR count). The van der Waals surface area contributed by atoms with Crippen molar-refractivity contribution in [3.8, 4) is 0 Å². The molecule has 1 atom stereocenters. The highest BCUT2D eigenvalue weighted by molar-refractivity contribution is 7.89. The Morgan fingerprint density at radius 1 is 1.14 bits per heavy atom. The zero-order chi connectivity index (χ0) is 15.8. The third kappa shape index (κ3) is 3.07. The minimum Gasteiger partial charge on any atom is -0.298 e. The summed E-state index contributed by atoms with van der Waals surface area (Å²) < 4.78 is 25.9. The maximum atomic E-state index is 12.1. The van der Waals surface area contributed by atoms with E-state index >= 15 is 0 Å². The van der Waals surface area contributed by atoms with Crippen molar-refractivity contribution in [3.05, 3.63) is 35.4 Å². The summed E-state index contributed by atoms with van der Waals surface area (Å²) in [5.41, 5.74) is 2.91. The minimum absolute atomic E-state index is 0.185. The van der Waals surface area contributed by atoms with E-state index in [0.717, 1.165) is 32.5 Å². The average molecular weight is 322 g/mol. The molecule has 2 aliphatic heterocycles. The van der Waals surface area contributed by atoms with Gasteiger partial charge in [0.05, 0.1) is 5.75 Å². The van der Waals surface area contributed by atoms with Gasteiger partial charge in [0.2, 0.25) is 10.0 Å². The summed E-state index contributed by atoms with van der Waals surface area (Å²) in [5, 5.41) is 0. The first-order valence-electron chi connectivity index (χ1n) is 8.19. The Labute approximate surface area is 134 Å². The van der Waals surface area contributed by atoms with Crippen LogP contribution in [0.25, 0.3) is 0 Å². The molecule has 122 valence electrons. The van der Waals surface area contributed by atoms with Gasteiger partial charge in [-0.1, -0.05) is 24.3 Å². The Hall–Kier alpha value is -0.910. The van der Waals surface area contributed by atoms with E-state index in [0.29, 0.717) is 13.1 Å². The van der Waals surface area contributed by atoms with Gasteiger partial charge in [-0.3, -0.25) is 4.90 Å². The third-order valence-electron chi connectivity index (χ3n) is 5.33. The number of nitrogens with zero attached hydrogens (tertiary/aromatic N) is 2. The maximum Gasteiger partial charge on any atom is 0.213 e. The number of hydrogen-bond donors (Lipinski definition) is 0. The Morgan fingerprint density at radius 2 is 1.86 bits per heavy atom. The van der Waals surface area contributed by atoms with Gasteiger partial charge < -0.3 is 0 Å². The lowest BCUT2D eigenvalue weighted by Gasteiger charge is -2.25. The van der Waals surface area contributed by atoms with E-state index in [1.54, 1.807) is 11.2 Å². The predicted molar refractivity (Wildman–Crippen MR) is 89.2 cm³/mol. The van der Waals surface area contributed by atoms with E-state index in [-0.39, 0.29) is 11.2 Å². The maximum absolute atomic E-state index is 12.1. The average Bonchev–Trinajstić information content (AvgIpc) is 3.10.